The molecule has 7 nitrogen and oxygen atoms in total. The number of rotatable bonds is 3. The minimum atomic E-state index is -0.426. The average molecular weight is 312 g/mol. The van der Waals surface area contributed by atoms with E-state index in [1.54, 1.807) is 38.6 Å². The Morgan fingerprint density at radius 3 is 2.70 bits per heavy atom. The van der Waals surface area contributed by atoms with E-state index in [0.29, 0.717) is 16.8 Å². The quantitative estimate of drug-likeness (QED) is 0.716. The molecule has 118 valence electrons. The number of fused-ring (bicyclic) bond motifs is 1. The van der Waals surface area contributed by atoms with E-state index in [1.807, 2.05) is 6.07 Å². The predicted molar refractivity (Wildman–Crippen MR) is 85.9 cm³/mol. The Bertz CT molecular complexity index is 990. The van der Waals surface area contributed by atoms with Crippen LogP contribution in [0.3, 0.4) is 0 Å². The van der Waals surface area contributed by atoms with E-state index in [0.717, 1.165) is 11.1 Å². The van der Waals surface area contributed by atoms with Crippen LogP contribution in [0.15, 0.2) is 40.3 Å². The maximum absolute atomic E-state index is 12.8. The molecule has 0 atom stereocenters. The summed E-state index contributed by atoms with van der Waals surface area (Å²) in [7, 11) is 3.09. The minimum absolute atomic E-state index is 0.145. The van der Waals surface area contributed by atoms with Gasteiger partial charge >= 0.3 is 5.69 Å². The Kier molecular flexibility index (Phi) is 3.69. The van der Waals surface area contributed by atoms with Gasteiger partial charge in [-0.15, -0.1) is 0 Å². The number of hydrogen-bond donors (Lipinski definition) is 0. The third-order valence-corrected chi connectivity index (χ3v) is 3.75. The van der Waals surface area contributed by atoms with Crippen molar-refractivity contribution < 1.29 is 4.74 Å². The second-order valence-corrected chi connectivity index (χ2v) is 5.27. The number of nitrogens with zero attached hydrogens (tertiary/aromatic N) is 4. The lowest BCUT2D eigenvalue weighted by Gasteiger charge is -2.13. The Morgan fingerprint density at radius 1 is 1.26 bits per heavy atom. The van der Waals surface area contributed by atoms with Crippen LogP contribution < -0.4 is 16.0 Å². The Morgan fingerprint density at radius 2 is 2.04 bits per heavy atom. The van der Waals surface area contributed by atoms with Crippen molar-refractivity contribution in [2.45, 2.75) is 13.5 Å². The molecule has 3 rings (SSSR count). The van der Waals surface area contributed by atoms with Crippen molar-refractivity contribution >= 4 is 11.0 Å². The zero-order valence-electron chi connectivity index (χ0n) is 13.1. The first-order valence-electron chi connectivity index (χ1n) is 7.06. The molecule has 0 aromatic carbocycles. The van der Waals surface area contributed by atoms with Crippen LogP contribution in [0.5, 0.6) is 5.75 Å². The van der Waals surface area contributed by atoms with Gasteiger partial charge in [-0.25, -0.2) is 9.78 Å². The van der Waals surface area contributed by atoms with Gasteiger partial charge in [0.2, 0.25) is 0 Å². The molecule has 0 fully saturated rings. The predicted octanol–water partition coefficient (Wildman–Crippen LogP) is 0.856. The SMILES string of the molecule is COc1c(C)cnc2c1c(=O)n(Cc1cccnc1)c(=O)n2C. The first kappa shape index (κ1) is 15.0. The molecule has 0 amide bonds. The fourth-order valence-electron chi connectivity index (χ4n) is 2.60. The van der Waals surface area contributed by atoms with E-state index < -0.39 is 11.2 Å². The van der Waals surface area contributed by atoms with E-state index in [-0.39, 0.29) is 6.54 Å². The van der Waals surface area contributed by atoms with Crippen LogP contribution in [0.1, 0.15) is 11.1 Å². The summed E-state index contributed by atoms with van der Waals surface area (Å²) in [5, 5.41) is 0.304. The average Bonchev–Trinajstić information content (AvgIpc) is 2.57. The highest BCUT2D eigenvalue weighted by molar-refractivity contribution is 5.82. The molecule has 0 bridgehead atoms. The summed E-state index contributed by atoms with van der Waals surface area (Å²) in [6.45, 7) is 1.95. The third-order valence-electron chi connectivity index (χ3n) is 3.75. The first-order valence-corrected chi connectivity index (χ1v) is 7.06. The molecule has 0 aliphatic rings. The summed E-state index contributed by atoms with van der Waals surface area (Å²) in [5.41, 5.74) is 0.976. The molecular weight excluding hydrogens is 296 g/mol. The largest absolute Gasteiger partial charge is 0.495 e. The van der Waals surface area contributed by atoms with Gasteiger partial charge in [-0.05, 0) is 18.6 Å². The second-order valence-electron chi connectivity index (χ2n) is 5.27. The van der Waals surface area contributed by atoms with Crippen molar-refractivity contribution in [3.63, 3.8) is 0 Å². The second kappa shape index (κ2) is 5.68. The molecule has 7 heteroatoms. The van der Waals surface area contributed by atoms with Crippen LogP contribution in [-0.4, -0.2) is 26.2 Å². The fourth-order valence-corrected chi connectivity index (χ4v) is 2.60. The maximum Gasteiger partial charge on any atom is 0.332 e. The van der Waals surface area contributed by atoms with Crippen LogP contribution in [0.25, 0.3) is 11.0 Å². The molecule has 0 saturated heterocycles. The monoisotopic (exact) mass is 312 g/mol. The van der Waals surface area contributed by atoms with Crippen molar-refractivity contribution in [1.82, 2.24) is 19.1 Å². The maximum atomic E-state index is 12.8. The lowest BCUT2D eigenvalue weighted by Crippen LogP contribution is -2.39. The Balaban J connectivity index is 2.35. The van der Waals surface area contributed by atoms with Crippen molar-refractivity contribution in [2.24, 2.45) is 7.05 Å². The molecular formula is C16H16N4O3. The highest BCUT2D eigenvalue weighted by Crippen LogP contribution is 2.23. The number of pyridine rings is 2. The Hall–Kier alpha value is -2.96. The van der Waals surface area contributed by atoms with Crippen molar-refractivity contribution in [2.75, 3.05) is 7.11 Å². The van der Waals surface area contributed by atoms with E-state index in [1.165, 1.54) is 16.2 Å². The van der Waals surface area contributed by atoms with Crippen LogP contribution in [0.2, 0.25) is 0 Å². The summed E-state index contributed by atoms with van der Waals surface area (Å²) in [6, 6.07) is 3.58. The van der Waals surface area contributed by atoms with Crippen LogP contribution in [0, 0.1) is 6.92 Å². The molecule has 0 unspecified atom stereocenters. The topological polar surface area (TPSA) is 79.0 Å². The summed E-state index contributed by atoms with van der Waals surface area (Å²) in [4.78, 5) is 33.6. The highest BCUT2D eigenvalue weighted by atomic mass is 16.5. The van der Waals surface area contributed by atoms with Gasteiger partial charge < -0.3 is 4.74 Å². The number of aromatic nitrogens is 4. The van der Waals surface area contributed by atoms with Gasteiger partial charge in [0.1, 0.15) is 11.1 Å². The van der Waals surface area contributed by atoms with Gasteiger partial charge in [-0.2, -0.15) is 0 Å². The van der Waals surface area contributed by atoms with Crippen LogP contribution >= 0.6 is 0 Å². The molecule has 0 radical (unpaired) electrons. The summed E-state index contributed by atoms with van der Waals surface area (Å²) in [5.74, 6) is 0.440. The molecule has 3 heterocycles. The fraction of sp³-hybridized carbons (Fsp3) is 0.250. The van der Waals surface area contributed by atoms with Crippen LogP contribution in [0.4, 0.5) is 0 Å². The summed E-state index contributed by atoms with van der Waals surface area (Å²) in [6.07, 6.45) is 4.86. The van der Waals surface area contributed by atoms with Gasteiger partial charge in [0.15, 0.2) is 5.65 Å². The molecule has 0 aliphatic heterocycles. The normalized spacial score (nSPS) is 10.9. The highest BCUT2D eigenvalue weighted by Gasteiger charge is 2.17. The number of hydrogen-bond acceptors (Lipinski definition) is 5. The zero-order valence-corrected chi connectivity index (χ0v) is 13.1. The van der Waals surface area contributed by atoms with Crippen molar-refractivity contribution in [1.29, 1.82) is 0 Å². The Labute approximate surface area is 131 Å². The molecule has 23 heavy (non-hydrogen) atoms. The lowest BCUT2D eigenvalue weighted by molar-refractivity contribution is 0.415. The number of ether oxygens (including phenoxy) is 1. The first-order chi connectivity index (χ1) is 11.0. The van der Waals surface area contributed by atoms with E-state index in [4.69, 9.17) is 4.74 Å². The third kappa shape index (κ3) is 2.40. The zero-order chi connectivity index (χ0) is 16.6. The molecule has 0 saturated carbocycles. The van der Waals surface area contributed by atoms with Crippen molar-refractivity contribution in [3.05, 3.63) is 62.7 Å². The van der Waals surface area contributed by atoms with Crippen LogP contribution in [-0.2, 0) is 13.6 Å². The lowest BCUT2D eigenvalue weighted by atomic mass is 10.2. The van der Waals surface area contributed by atoms with Gasteiger partial charge in [0, 0.05) is 31.2 Å². The van der Waals surface area contributed by atoms with Gasteiger partial charge in [-0.3, -0.25) is 18.9 Å². The van der Waals surface area contributed by atoms with E-state index >= 15 is 0 Å². The molecule has 3 aromatic rings. The summed E-state index contributed by atoms with van der Waals surface area (Å²) < 4.78 is 7.88. The minimum Gasteiger partial charge on any atom is -0.495 e. The smallest absolute Gasteiger partial charge is 0.332 e. The van der Waals surface area contributed by atoms with Gasteiger partial charge in [0.25, 0.3) is 5.56 Å². The van der Waals surface area contributed by atoms with E-state index in [9.17, 15) is 9.59 Å². The molecule has 0 spiro atoms. The standard InChI is InChI=1S/C16H16N4O3/c1-10-7-18-14-12(13(10)23-3)15(21)20(16(22)19(14)2)9-11-5-4-6-17-8-11/h4-8H,9H2,1-3H3. The van der Waals surface area contributed by atoms with Gasteiger partial charge in [0.05, 0.1) is 13.7 Å². The number of aryl methyl sites for hydroxylation is 2. The molecule has 3 aromatic heterocycles. The number of methoxy groups -OCH3 is 1. The van der Waals surface area contributed by atoms with E-state index in [2.05, 4.69) is 9.97 Å². The molecule has 0 aliphatic carbocycles. The van der Waals surface area contributed by atoms with Crippen molar-refractivity contribution in [3.8, 4) is 5.75 Å². The molecule has 0 N–H and O–H groups in total. The van der Waals surface area contributed by atoms with Gasteiger partial charge in [-0.1, -0.05) is 6.07 Å². The summed E-state index contributed by atoms with van der Waals surface area (Å²) >= 11 is 0.